The zero-order valence-electron chi connectivity index (χ0n) is 10.7. The summed E-state index contributed by atoms with van der Waals surface area (Å²) in [6.07, 6.45) is 0. The molecule has 0 radical (unpaired) electrons. The highest BCUT2D eigenvalue weighted by molar-refractivity contribution is 7.89. The summed E-state index contributed by atoms with van der Waals surface area (Å²) in [5, 5.41) is 3.66. The first-order chi connectivity index (χ1) is 8.45. The molecule has 0 bridgehead atoms. The molecule has 18 heavy (non-hydrogen) atoms. The lowest BCUT2D eigenvalue weighted by Crippen LogP contribution is -2.33. The fraction of sp³-hybridized carbons (Fsp3) is 0.500. The van der Waals surface area contributed by atoms with E-state index in [9.17, 15) is 8.42 Å². The molecule has 0 saturated heterocycles. The largest absolute Gasteiger partial charge is 0.316 e. The standard InChI is InChI=1S/C12H19ClN2O2S/c1-3-14-8-9-18(16,17)15(2)10-11-4-6-12(13)7-5-11/h4-7,14H,3,8-10H2,1-2H3. The Morgan fingerprint density at radius 1 is 1.28 bits per heavy atom. The van der Waals surface area contributed by atoms with Crippen molar-refractivity contribution in [1.82, 2.24) is 9.62 Å². The van der Waals surface area contributed by atoms with Crippen molar-refractivity contribution in [2.24, 2.45) is 0 Å². The molecule has 0 saturated carbocycles. The molecular formula is C12H19ClN2O2S. The summed E-state index contributed by atoms with van der Waals surface area (Å²) >= 11 is 5.78. The van der Waals surface area contributed by atoms with E-state index in [1.165, 1.54) is 4.31 Å². The molecule has 0 aliphatic heterocycles. The molecule has 1 aromatic carbocycles. The van der Waals surface area contributed by atoms with Crippen LogP contribution in [0.25, 0.3) is 0 Å². The molecule has 102 valence electrons. The minimum absolute atomic E-state index is 0.116. The van der Waals surface area contributed by atoms with Gasteiger partial charge in [-0.05, 0) is 24.2 Å². The van der Waals surface area contributed by atoms with Gasteiger partial charge in [-0.15, -0.1) is 0 Å². The molecule has 1 N–H and O–H groups in total. The van der Waals surface area contributed by atoms with Crippen molar-refractivity contribution in [2.45, 2.75) is 13.5 Å². The number of nitrogens with one attached hydrogen (secondary N) is 1. The minimum atomic E-state index is -3.20. The Morgan fingerprint density at radius 2 is 1.89 bits per heavy atom. The minimum Gasteiger partial charge on any atom is -0.316 e. The van der Waals surface area contributed by atoms with Gasteiger partial charge in [-0.3, -0.25) is 0 Å². The molecule has 0 fully saturated rings. The van der Waals surface area contributed by atoms with Crippen molar-refractivity contribution in [1.29, 1.82) is 0 Å². The van der Waals surface area contributed by atoms with Gasteiger partial charge in [0.05, 0.1) is 5.75 Å². The Morgan fingerprint density at radius 3 is 2.44 bits per heavy atom. The molecule has 0 aliphatic rings. The van der Waals surface area contributed by atoms with E-state index in [1.54, 1.807) is 19.2 Å². The zero-order chi connectivity index (χ0) is 13.6. The van der Waals surface area contributed by atoms with E-state index in [2.05, 4.69) is 5.32 Å². The summed E-state index contributed by atoms with van der Waals surface area (Å²) in [5.74, 6) is 0.116. The molecule has 1 rings (SSSR count). The van der Waals surface area contributed by atoms with Crippen LogP contribution in [0.1, 0.15) is 12.5 Å². The Labute approximate surface area is 114 Å². The number of halogens is 1. The molecule has 0 aromatic heterocycles. The molecule has 0 heterocycles. The lowest BCUT2D eigenvalue weighted by molar-refractivity contribution is 0.465. The van der Waals surface area contributed by atoms with Gasteiger partial charge in [0.15, 0.2) is 0 Å². The predicted molar refractivity (Wildman–Crippen MR) is 75.2 cm³/mol. The highest BCUT2D eigenvalue weighted by atomic mass is 35.5. The van der Waals surface area contributed by atoms with Gasteiger partial charge in [-0.25, -0.2) is 12.7 Å². The van der Waals surface area contributed by atoms with Gasteiger partial charge in [-0.1, -0.05) is 30.7 Å². The highest BCUT2D eigenvalue weighted by Crippen LogP contribution is 2.12. The molecule has 0 amide bonds. The van der Waals surface area contributed by atoms with Gasteiger partial charge < -0.3 is 5.32 Å². The van der Waals surface area contributed by atoms with Gasteiger partial charge in [0, 0.05) is 25.2 Å². The van der Waals surface area contributed by atoms with Crippen molar-refractivity contribution in [2.75, 3.05) is 25.9 Å². The van der Waals surface area contributed by atoms with Crippen molar-refractivity contribution in [3.63, 3.8) is 0 Å². The Bertz CT molecular complexity index is 459. The second-order valence-corrected chi connectivity index (χ2v) is 6.68. The first-order valence-electron chi connectivity index (χ1n) is 5.85. The van der Waals surface area contributed by atoms with Crippen LogP contribution in [-0.4, -0.2) is 38.6 Å². The third kappa shape index (κ3) is 4.94. The van der Waals surface area contributed by atoms with Crippen LogP contribution in [-0.2, 0) is 16.6 Å². The molecule has 0 aliphatic carbocycles. The van der Waals surface area contributed by atoms with Crippen molar-refractivity contribution >= 4 is 21.6 Å². The SMILES string of the molecule is CCNCCS(=O)(=O)N(C)Cc1ccc(Cl)cc1. The third-order valence-corrected chi connectivity index (χ3v) is 4.63. The van der Waals surface area contributed by atoms with E-state index < -0.39 is 10.0 Å². The normalized spacial score (nSPS) is 12.0. The summed E-state index contributed by atoms with van der Waals surface area (Å²) in [6.45, 7) is 3.57. The molecule has 0 unspecified atom stereocenters. The lowest BCUT2D eigenvalue weighted by atomic mass is 10.2. The number of nitrogens with zero attached hydrogens (tertiary/aromatic N) is 1. The van der Waals surface area contributed by atoms with Gasteiger partial charge in [0.25, 0.3) is 0 Å². The first-order valence-corrected chi connectivity index (χ1v) is 7.83. The van der Waals surface area contributed by atoms with Gasteiger partial charge in [-0.2, -0.15) is 0 Å². The van der Waals surface area contributed by atoms with Crippen molar-refractivity contribution in [3.05, 3.63) is 34.9 Å². The fourth-order valence-corrected chi connectivity index (χ4v) is 2.66. The van der Waals surface area contributed by atoms with Crippen LogP contribution < -0.4 is 5.32 Å². The summed E-state index contributed by atoms with van der Waals surface area (Å²) in [5.41, 5.74) is 0.925. The van der Waals surface area contributed by atoms with Crippen LogP contribution in [0.15, 0.2) is 24.3 Å². The van der Waals surface area contributed by atoms with E-state index in [4.69, 9.17) is 11.6 Å². The molecular weight excluding hydrogens is 272 g/mol. The van der Waals surface area contributed by atoms with Crippen molar-refractivity contribution < 1.29 is 8.42 Å². The van der Waals surface area contributed by atoms with Crippen LogP contribution in [0.5, 0.6) is 0 Å². The van der Waals surface area contributed by atoms with Gasteiger partial charge in [0.2, 0.25) is 10.0 Å². The molecule has 6 heteroatoms. The van der Waals surface area contributed by atoms with Crippen molar-refractivity contribution in [3.8, 4) is 0 Å². The second-order valence-electron chi connectivity index (χ2n) is 4.05. The van der Waals surface area contributed by atoms with E-state index in [0.29, 0.717) is 18.1 Å². The van der Waals surface area contributed by atoms with Crippen LogP contribution >= 0.6 is 11.6 Å². The summed E-state index contributed by atoms with van der Waals surface area (Å²) in [6, 6.07) is 7.18. The lowest BCUT2D eigenvalue weighted by Gasteiger charge is -2.17. The van der Waals surface area contributed by atoms with E-state index in [1.807, 2.05) is 19.1 Å². The van der Waals surface area contributed by atoms with Gasteiger partial charge in [0.1, 0.15) is 0 Å². The second kappa shape index (κ2) is 7.09. The average Bonchev–Trinajstić information content (AvgIpc) is 2.32. The number of rotatable bonds is 7. The predicted octanol–water partition coefficient (Wildman–Crippen LogP) is 1.71. The Hall–Kier alpha value is -0.620. The fourth-order valence-electron chi connectivity index (χ4n) is 1.48. The maximum absolute atomic E-state index is 11.9. The number of benzene rings is 1. The number of hydrogen-bond acceptors (Lipinski definition) is 3. The molecule has 1 aromatic rings. The molecule has 0 atom stereocenters. The first kappa shape index (κ1) is 15.4. The highest BCUT2D eigenvalue weighted by Gasteiger charge is 2.17. The van der Waals surface area contributed by atoms with E-state index in [-0.39, 0.29) is 5.75 Å². The Balaban J connectivity index is 2.58. The van der Waals surface area contributed by atoms with Crippen LogP contribution in [0.3, 0.4) is 0 Å². The van der Waals surface area contributed by atoms with Gasteiger partial charge >= 0.3 is 0 Å². The zero-order valence-corrected chi connectivity index (χ0v) is 12.3. The topological polar surface area (TPSA) is 49.4 Å². The molecule has 4 nitrogen and oxygen atoms in total. The van der Waals surface area contributed by atoms with Crippen LogP contribution in [0.2, 0.25) is 5.02 Å². The average molecular weight is 291 g/mol. The number of hydrogen-bond donors (Lipinski definition) is 1. The van der Waals surface area contributed by atoms with E-state index >= 15 is 0 Å². The smallest absolute Gasteiger partial charge is 0.215 e. The third-order valence-electron chi connectivity index (χ3n) is 2.58. The summed E-state index contributed by atoms with van der Waals surface area (Å²) < 4.78 is 25.2. The van der Waals surface area contributed by atoms with Crippen LogP contribution in [0.4, 0.5) is 0 Å². The molecule has 0 spiro atoms. The van der Waals surface area contributed by atoms with Crippen LogP contribution in [0, 0.1) is 0 Å². The monoisotopic (exact) mass is 290 g/mol. The summed E-state index contributed by atoms with van der Waals surface area (Å²) in [4.78, 5) is 0. The number of sulfonamides is 1. The maximum atomic E-state index is 11.9. The Kier molecular flexibility index (Phi) is 6.08. The maximum Gasteiger partial charge on any atom is 0.215 e. The summed E-state index contributed by atoms with van der Waals surface area (Å²) in [7, 11) is -1.61. The van der Waals surface area contributed by atoms with E-state index in [0.717, 1.165) is 12.1 Å². The quantitative estimate of drug-likeness (QED) is 0.778.